The van der Waals surface area contributed by atoms with Crippen LogP contribution < -0.4 is 0 Å². The number of phenolic OH excluding ortho intramolecular Hbond substituents is 1. The van der Waals surface area contributed by atoms with Crippen LogP contribution in [0.2, 0.25) is 0 Å². The molecule has 0 saturated heterocycles. The molecule has 0 saturated carbocycles. The molecule has 1 rings (SSSR count). The van der Waals surface area contributed by atoms with Gasteiger partial charge in [0.05, 0.1) is 12.2 Å². The first-order valence-electron chi connectivity index (χ1n) is 9.42. The van der Waals surface area contributed by atoms with Crippen molar-refractivity contribution in [3.05, 3.63) is 27.8 Å². The number of phenols is 1. The Morgan fingerprint density at radius 1 is 1.04 bits per heavy atom. The van der Waals surface area contributed by atoms with Crippen LogP contribution in [0.25, 0.3) is 0 Å². The summed E-state index contributed by atoms with van der Waals surface area (Å²) in [7, 11) is 0. The van der Waals surface area contributed by atoms with Gasteiger partial charge in [0, 0.05) is 0 Å². The Balaban J connectivity index is 3.49. The Bertz CT molecular complexity index is 559. The fourth-order valence-corrected chi connectivity index (χ4v) is 3.20. The summed E-state index contributed by atoms with van der Waals surface area (Å²) < 4.78 is 5.54. The van der Waals surface area contributed by atoms with E-state index in [9.17, 15) is 9.90 Å². The van der Waals surface area contributed by atoms with Crippen LogP contribution in [-0.4, -0.2) is 17.7 Å². The number of hydrogen-bond donors (Lipinski definition) is 1. The molecule has 136 valence electrons. The van der Waals surface area contributed by atoms with Crippen LogP contribution in [-0.2, 0) is 24.0 Å². The first-order chi connectivity index (χ1) is 11.4. The van der Waals surface area contributed by atoms with E-state index < -0.39 is 0 Å². The Morgan fingerprint density at radius 3 is 2.21 bits per heavy atom. The van der Waals surface area contributed by atoms with Crippen molar-refractivity contribution in [2.24, 2.45) is 5.92 Å². The van der Waals surface area contributed by atoms with Crippen molar-refractivity contribution >= 4 is 5.97 Å². The van der Waals surface area contributed by atoms with Crippen LogP contribution in [0.4, 0.5) is 0 Å². The number of hydrogen-bond acceptors (Lipinski definition) is 3. The third-order valence-corrected chi connectivity index (χ3v) is 4.45. The zero-order valence-corrected chi connectivity index (χ0v) is 16.3. The summed E-state index contributed by atoms with van der Waals surface area (Å²) in [6.45, 7) is 12.7. The van der Waals surface area contributed by atoms with E-state index in [1.165, 1.54) is 0 Å². The molecule has 0 aromatic heterocycles. The molecule has 0 bridgehead atoms. The monoisotopic (exact) mass is 334 g/mol. The Kier molecular flexibility index (Phi) is 8.30. The van der Waals surface area contributed by atoms with Gasteiger partial charge in [0.25, 0.3) is 0 Å². The minimum Gasteiger partial charge on any atom is -0.507 e. The first kappa shape index (κ1) is 20.5. The normalized spacial score (nSPS) is 11.1. The van der Waals surface area contributed by atoms with Crippen molar-refractivity contribution in [3.63, 3.8) is 0 Å². The van der Waals surface area contributed by atoms with Crippen LogP contribution in [0.5, 0.6) is 5.75 Å². The highest BCUT2D eigenvalue weighted by Crippen LogP contribution is 2.36. The lowest BCUT2D eigenvalue weighted by Gasteiger charge is -2.22. The van der Waals surface area contributed by atoms with E-state index in [1.807, 2.05) is 27.7 Å². The van der Waals surface area contributed by atoms with E-state index in [1.54, 1.807) is 0 Å². The maximum absolute atomic E-state index is 12.8. The number of unbranched alkanes of at least 4 members (excludes halogenated alkanes) is 1. The van der Waals surface area contributed by atoms with E-state index in [-0.39, 0.29) is 5.97 Å². The van der Waals surface area contributed by atoms with Crippen molar-refractivity contribution in [2.45, 2.75) is 80.1 Å². The van der Waals surface area contributed by atoms with Gasteiger partial charge in [-0.25, -0.2) is 4.79 Å². The summed E-state index contributed by atoms with van der Waals surface area (Å²) in [5.41, 5.74) is 4.41. The fraction of sp³-hybridized carbons (Fsp3) is 0.667. The number of benzene rings is 1. The standard InChI is InChI=1S/C21H34O3/c1-7-10-12-17-18(11-8-2)20(22)16(9-3)15(6)19(17)21(23)24-13-14(4)5/h14,22H,7-13H2,1-6H3. The van der Waals surface area contributed by atoms with Gasteiger partial charge in [-0.3, -0.25) is 0 Å². The van der Waals surface area contributed by atoms with Crippen LogP contribution in [0.1, 0.15) is 86.5 Å². The Morgan fingerprint density at radius 2 is 1.71 bits per heavy atom. The molecule has 1 aromatic carbocycles. The molecule has 3 nitrogen and oxygen atoms in total. The maximum atomic E-state index is 12.8. The topological polar surface area (TPSA) is 46.5 Å². The lowest BCUT2D eigenvalue weighted by atomic mass is 9.86. The largest absolute Gasteiger partial charge is 0.507 e. The highest BCUT2D eigenvalue weighted by Gasteiger charge is 2.25. The zero-order valence-electron chi connectivity index (χ0n) is 16.3. The molecule has 0 aliphatic carbocycles. The van der Waals surface area contributed by atoms with E-state index in [4.69, 9.17) is 4.74 Å². The van der Waals surface area contributed by atoms with E-state index in [0.29, 0.717) is 30.3 Å². The third-order valence-electron chi connectivity index (χ3n) is 4.45. The second-order valence-electron chi connectivity index (χ2n) is 6.98. The summed E-state index contributed by atoms with van der Waals surface area (Å²) in [6, 6.07) is 0. The lowest BCUT2D eigenvalue weighted by Crippen LogP contribution is -2.17. The van der Waals surface area contributed by atoms with Crippen LogP contribution >= 0.6 is 0 Å². The molecular formula is C21H34O3. The Hall–Kier alpha value is -1.51. The van der Waals surface area contributed by atoms with Crippen molar-refractivity contribution < 1.29 is 14.6 Å². The molecule has 24 heavy (non-hydrogen) atoms. The van der Waals surface area contributed by atoms with E-state index >= 15 is 0 Å². The summed E-state index contributed by atoms with van der Waals surface area (Å²) in [6.07, 6.45) is 5.33. The molecule has 1 aromatic rings. The molecule has 0 spiro atoms. The minimum absolute atomic E-state index is 0.237. The number of carbonyl (C=O) groups is 1. The second kappa shape index (κ2) is 9.71. The van der Waals surface area contributed by atoms with Gasteiger partial charge in [0.1, 0.15) is 5.75 Å². The average molecular weight is 335 g/mol. The molecule has 0 atom stereocenters. The molecule has 0 heterocycles. The SMILES string of the molecule is CCCCc1c(CCC)c(O)c(CC)c(C)c1C(=O)OCC(C)C. The van der Waals surface area contributed by atoms with Crippen molar-refractivity contribution in [1.82, 2.24) is 0 Å². The smallest absolute Gasteiger partial charge is 0.338 e. The zero-order chi connectivity index (χ0) is 18.3. The predicted molar refractivity (Wildman–Crippen MR) is 99.9 cm³/mol. The average Bonchev–Trinajstić information content (AvgIpc) is 2.54. The lowest BCUT2D eigenvalue weighted by molar-refractivity contribution is 0.0456. The predicted octanol–water partition coefficient (Wildman–Crippen LogP) is 5.37. The quantitative estimate of drug-likeness (QED) is 0.617. The number of carbonyl (C=O) groups excluding carboxylic acids is 1. The van der Waals surface area contributed by atoms with E-state index in [2.05, 4.69) is 13.8 Å². The first-order valence-corrected chi connectivity index (χ1v) is 9.42. The molecule has 0 radical (unpaired) electrons. The molecule has 1 N–H and O–H groups in total. The number of aromatic hydroxyl groups is 1. The third kappa shape index (κ3) is 4.75. The van der Waals surface area contributed by atoms with Gasteiger partial charge in [-0.1, -0.05) is 47.5 Å². The van der Waals surface area contributed by atoms with Crippen molar-refractivity contribution in [3.8, 4) is 5.75 Å². The van der Waals surface area contributed by atoms with Crippen LogP contribution in [0, 0.1) is 12.8 Å². The molecular weight excluding hydrogens is 300 g/mol. The molecule has 0 fully saturated rings. The maximum Gasteiger partial charge on any atom is 0.338 e. The van der Waals surface area contributed by atoms with Gasteiger partial charge in [-0.2, -0.15) is 0 Å². The number of esters is 1. The van der Waals surface area contributed by atoms with Crippen LogP contribution in [0.3, 0.4) is 0 Å². The van der Waals surface area contributed by atoms with E-state index in [0.717, 1.165) is 54.4 Å². The van der Waals surface area contributed by atoms with Gasteiger partial charge in [-0.15, -0.1) is 0 Å². The number of ether oxygens (including phenoxy) is 1. The summed E-state index contributed by atoms with van der Waals surface area (Å²) >= 11 is 0. The molecule has 3 heteroatoms. The van der Waals surface area contributed by atoms with Crippen LogP contribution in [0.15, 0.2) is 0 Å². The van der Waals surface area contributed by atoms with Gasteiger partial charge in [0.2, 0.25) is 0 Å². The summed E-state index contributed by atoms with van der Waals surface area (Å²) in [4.78, 5) is 12.8. The van der Waals surface area contributed by atoms with Crippen molar-refractivity contribution in [1.29, 1.82) is 0 Å². The van der Waals surface area contributed by atoms with Gasteiger partial charge in [0.15, 0.2) is 0 Å². The van der Waals surface area contributed by atoms with Crippen molar-refractivity contribution in [2.75, 3.05) is 6.61 Å². The molecule has 0 amide bonds. The summed E-state index contributed by atoms with van der Waals surface area (Å²) in [5.74, 6) is 0.467. The van der Waals surface area contributed by atoms with Gasteiger partial charge < -0.3 is 9.84 Å². The fourth-order valence-electron chi connectivity index (χ4n) is 3.20. The highest BCUT2D eigenvalue weighted by atomic mass is 16.5. The second-order valence-corrected chi connectivity index (χ2v) is 6.98. The highest BCUT2D eigenvalue weighted by molar-refractivity contribution is 5.94. The molecule has 0 aliphatic rings. The summed E-state index contributed by atoms with van der Waals surface area (Å²) in [5, 5.41) is 10.8. The molecule has 0 aliphatic heterocycles. The van der Waals surface area contributed by atoms with Gasteiger partial charge in [-0.05, 0) is 60.8 Å². The molecule has 0 unspecified atom stereocenters. The minimum atomic E-state index is -0.237. The van der Waals surface area contributed by atoms with Gasteiger partial charge >= 0.3 is 5.97 Å². The number of rotatable bonds is 9. The Labute approximate surface area is 147 Å².